The maximum atomic E-state index is 5.94. The summed E-state index contributed by atoms with van der Waals surface area (Å²) in [5.41, 5.74) is 12.6. The summed E-state index contributed by atoms with van der Waals surface area (Å²) < 4.78 is 0. The molecule has 1 heterocycles. The fraction of sp³-hybridized carbons (Fsp3) is 0. The second kappa shape index (κ2) is 4.84. The summed E-state index contributed by atoms with van der Waals surface area (Å²) in [6.45, 7) is 0. The predicted octanol–water partition coefficient (Wildman–Crippen LogP) is 2.31. The van der Waals surface area contributed by atoms with Crippen LogP contribution in [0.1, 0.15) is 0 Å². The van der Waals surface area contributed by atoms with E-state index in [9.17, 15) is 0 Å². The molecule has 2 rings (SSSR count). The van der Waals surface area contributed by atoms with Gasteiger partial charge in [0.05, 0.1) is 0 Å². The van der Waals surface area contributed by atoms with Crippen molar-refractivity contribution in [2.75, 3.05) is 0 Å². The highest BCUT2D eigenvalue weighted by molar-refractivity contribution is 6.30. The molecular weight excluding hydrogens is 236 g/mol. The molecule has 0 fully saturated rings. The van der Waals surface area contributed by atoms with Crippen molar-refractivity contribution >= 4 is 23.4 Å². The minimum atomic E-state index is -0.0132. The van der Waals surface area contributed by atoms with E-state index in [4.69, 9.17) is 23.1 Å². The first-order chi connectivity index (χ1) is 8.15. The number of aromatic nitrogens is 1. The van der Waals surface area contributed by atoms with Gasteiger partial charge in [-0.3, -0.25) is 0 Å². The highest BCUT2D eigenvalue weighted by atomic mass is 35.5. The Morgan fingerprint density at radius 3 is 2.59 bits per heavy atom. The molecule has 5 heteroatoms. The van der Waals surface area contributed by atoms with E-state index >= 15 is 0 Å². The van der Waals surface area contributed by atoms with Crippen molar-refractivity contribution < 1.29 is 0 Å². The zero-order valence-electron chi connectivity index (χ0n) is 8.97. The van der Waals surface area contributed by atoms with Crippen LogP contribution in [0, 0.1) is 0 Å². The lowest BCUT2D eigenvalue weighted by Gasteiger charge is -2.02. The topological polar surface area (TPSA) is 77.3 Å². The summed E-state index contributed by atoms with van der Waals surface area (Å²) >= 11 is 5.94. The fourth-order valence-electron chi connectivity index (χ4n) is 1.46. The van der Waals surface area contributed by atoms with Gasteiger partial charge in [-0.2, -0.15) is 4.99 Å². The quantitative estimate of drug-likeness (QED) is 0.631. The molecule has 0 bridgehead atoms. The second-order valence-electron chi connectivity index (χ2n) is 3.45. The van der Waals surface area contributed by atoms with E-state index in [1.165, 1.54) is 0 Å². The maximum absolute atomic E-state index is 5.94. The zero-order valence-corrected chi connectivity index (χ0v) is 9.72. The Labute approximate surface area is 104 Å². The Bertz CT molecular complexity index is 562. The van der Waals surface area contributed by atoms with Crippen molar-refractivity contribution in [3.63, 3.8) is 0 Å². The van der Waals surface area contributed by atoms with Gasteiger partial charge in [0.25, 0.3) is 0 Å². The molecule has 0 aliphatic heterocycles. The third-order valence-corrected chi connectivity index (χ3v) is 2.38. The smallest absolute Gasteiger partial charge is 0.192 e. The molecule has 1 aromatic heterocycles. The molecule has 0 amide bonds. The first-order valence-corrected chi connectivity index (χ1v) is 5.34. The van der Waals surface area contributed by atoms with Gasteiger partial charge in [-0.25, -0.2) is 4.98 Å². The van der Waals surface area contributed by atoms with E-state index in [-0.39, 0.29) is 5.96 Å². The summed E-state index contributed by atoms with van der Waals surface area (Å²) in [5, 5.41) is 0.683. The van der Waals surface area contributed by atoms with Crippen LogP contribution in [-0.2, 0) is 0 Å². The summed E-state index contributed by atoms with van der Waals surface area (Å²) in [5.74, 6) is 0.461. The van der Waals surface area contributed by atoms with Crippen LogP contribution in [-0.4, -0.2) is 10.9 Å². The molecular formula is C12H11ClN4. The Hall–Kier alpha value is -2.07. The molecule has 1 aromatic carbocycles. The SMILES string of the molecule is NC(N)=Nc1cc(-c2cccc(Cl)c2)ccn1. The molecule has 4 nitrogen and oxygen atoms in total. The molecule has 0 spiro atoms. The van der Waals surface area contributed by atoms with Crippen LogP contribution in [0.15, 0.2) is 47.6 Å². The van der Waals surface area contributed by atoms with Gasteiger partial charge >= 0.3 is 0 Å². The van der Waals surface area contributed by atoms with Gasteiger partial charge in [0.2, 0.25) is 0 Å². The van der Waals surface area contributed by atoms with E-state index in [2.05, 4.69) is 9.98 Å². The summed E-state index contributed by atoms with van der Waals surface area (Å²) in [7, 11) is 0. The molecule has 0 saturated carbocycles. The van der Waals surface area contributed by atoms with Crippen molar-refractivity contribution in [2.45, 2.75) is 0 Å². The van der Waals surface area contributed by atoms with Crippen molar-refractivity contribution in [1.29, 1.82) is 0 Å². The number of rotatable bonds is 2. The van der Waals surface area contributed by atoms with Crippen LogP contribution in [0.2, 0.25) is 5.02 Å². The molecule has 17 heavy (non-hydrogen) atoms. The first-order valence-electron chi connectivity index (χ1n) is 4.97. The Morgan fingerprint density at radius 1 is 1.12 bits per heavy atom. The van der Waals surface area contributed by atoms with Crippen molar-refractivity contribution in [3.8, 4) is 11.1 Å². The Kier molecular flexibility index (Phi) is 3.25. The van der Waals surface area contributed by atoms with Crippen molar-refractivity contribution in [1.82, 2.24) is 4.98 Å². The molecule has 0 radical (unpaired) electrons. The van der Waals surface area contributed by atoms with Crippen molar-refractivity contribution in [2.24, 2.45) is 16.5 Å². The molecule has 0 atom stereocenters. The fourth-order valence-corrected chi connectivity index (χ4v) is 1.65. The number of halogens is 1. The molecule has 86 valence electrons. The number of aliphatic imine (C=N–C) groups is 1. The van der Waals surface area contributed by atoms with Crippen LogP contribution >= 0.6 is 11.6 Å². The van der Waals surface area contributed by atoms with E-state index < -0.39 is 0 Å². The summed E-state index contributed by atoms with van der Waals surface area (Å²) in [4.78, 5) is 7.94. The average Bonchev–Trinajstić information content (AvgIpc) is 2.28. The molecule has 0 unspecified atom stereocenters. The lowest BCUT2D eigenvalue weighted by molar-refractivity contribution is 1.26. The highest BCUT2D eigenvalue weighted by Gasteiger charge is 2.00. The number of hydrogen-bond donors (Lipinski definition) is 2. The molecule has 0 saturated heterocycles. The van der Waals surface area contributed by atoms with Gasteiger partial charge in [-0.05, 0) is 35.4 Å². The first kappa shape index (κ1) is 11.4. The maximum Gasteiger partial charge on any atom is 0.192 e. The van der Waals surface area contributed by atoms with Crippen LogP contribution < -0.4 is 11.5 Å². The van der Waals surface area contributed by atoms with Crippen LogP contribution in [0.4, 0.5) is 5.82 Å². The Morgan fingerprint density at radius 2 is 1.88 bits per heavy atom. The van der Waals surface area contributed by atoms with E-state index in [0.717, 1.165) is 11.1 Å². The largest absolute Gasteiger partial charge is 0.370 e. The van der Waals surface area contributed by atoms with Gasteiger partial charge in [0.1, 0.15) is 0 Å². The van der Waals surface area contributed by atoms with Crippen LogP contribution in [0.3, 0.4) is 0 Å². The van der Waals surface area contributed by atoms with E-state index in [1.807, 2.05) is 30.3 Å². The standard InChI is InChI=1S/C12H11ClN4/c13-10-3-1-2-8(6-10)9-4-5-16-11(7-9)17-12(14)15/h1-7H,(H4,14,15,16,17). The van der Waals surface area contributed by atoms with E-state index in [0.29, 0.717) is 10.8 Å². The second-order valence-corrected chi connectivity index (χ2v) is 3.89. The summed E-state index contributed by atoms with van der Waals surface area (Å²) in [6, 6.07) is 11.2. The minimum Gasteiger partial charge on any atom is -0.370 e. The molecule has 0 aliphatic carbocycles. The van der Waals surface area contributed by atoms with Crippen LogP contribution in [0.25, 0.3) is 11.1 Å². The van der Waals surface area contributed by atoms with Gasteiger partial charge in [0.15, 0.2) is 11.8 Å². The number of benzene rings is 1. The summed E-state index contributed by atoms with van der Waals surface area (Å²) in [6.07, 6.45) is 1.65. The van der Waals surface area contributed by atoms with Gasteiger partial charge in [0, 0.05) is 11.2 Å². The molecule has 4 N–H and O–H groups in total. The van der Waals surface area contributed by atoms with Gasteiger partial charge < -0.3 is 11.5 Å². The number of guanidine groups is 1. The number of hydrogen-bond acceptors (Lipinski definition) is 2. The molecule has 0 aliphatic rings. The monoisotopic (exact) mass is 246 g/mol. The Balaban J connectivity index is 2.43. The van der Waals surface area contributed by atoms with Gasteiger partial charge in [-0.1, -0.05) is 23.7 Å². The van der Waals surface area contributed by atoms with Crippen molar-refractivity contribution in [3.05, 3.63) is 47.6 Å². The number of nitrogens with zero attached hydrogens (tertiary/aromatic N) is 2. The molecule has 2 aromatic rings. The lowest BCUT2D eigenvalue weighted by atomic mass is 10.1. The van der Waals surface area contributed by atoms with Gasteiger partial charge in [-0.15, -0.1) is 0 Å². The third-order valence-electron chi connectivity index (χ3n) is 2.15. The lowest BCUT2D eigenvalue weighted by Crippen LogP contribution is -2.22. The normalized spacial score (nSPS) is 9.94. The van der Waals surface area contributed by atoms with Crippen LogP contribution in [0.5, 0.6) is 0 Å². The number of pyridine rings is 1. The average molecular weight is 247 g/mol. The third kappa shape index (κ3) is 2.95. The zero-order chi connectivity index (χ0) is 12.3. The highest BCUT2D eigenvalue weighted by Crippen LogP contribution is 2.24. The minimum absolute atomic E-state index is 0.0132. The van der Waals surface area contributed by atoms with E-state index in [1.54, 1.807) is 12.3 Å². The number of nitrogens with two attached hydrogens (primary N) is 2. The predicted molar refractivity (Wildman–Crippen MR) is 70.2 cm³/mol.